The molecule has 3 heterocycles. The molecule has 0 saturated carbocycles. The molecule has 2 aromatic rings. The fraction of sp³-hybridized carbons (Fsp3) is 0.381. The van der Waals surface area contributed by atoms with E-state index in [9.17, 15) is 14.7 Å². The SMILES string of the molecule is NC(=O)c1cccnc1-c1ccc(C(=O)N2CC[C@@]3(O)CCNC[C@H]3C2)cc1. The van der Waals surface area contributed by atoms with E-state index in [-0.39, 0.29) is 11.8 Å². The first-order valence-electron chi connectivity index (χ1n) is 9.55. The van der Waals surface area contributed by atoms with Crippen molar-refractivity contribution < 1.29 is 14.7 Å². The second kappa shape index (κ2) is 7.33. The highest BCUT2D eigenvalue weighted by Crippen LogP contribution is 2.33. The first kappa shape index (κ1) is 18.6. The van der Waals surface area contributed by atoms with Crippen molar-refractivity contribution in [1.82, 2.24) is 15.2 Å². The van der Waals surface area contributed by atoms with Gasteiger partial charge in [0.2, 0.25) is 0 Å². The molecular formula is C21H24N4O3. The molecule has 0 radical (unpaired) electrons. The van der Waals surface area contributed by atoms with E-state index < -0.39 is 11.5 Å². The number of likely N-dealkylation sites (tertiary alicyclic amines) is 1. The number of fused-ring (bicyclic) bond motifs is 1. The second-order valence-corrected chi connectivity index (χ2v) is 7.60. The Kier molecular flexibility index (Phi) is 4.87. The molecule has 28 heavy (non-hydrogen) atoms. The molecule has 4 rings (SSSR count). The van der Waals surface area contributed by atoms with Crippen LogP contribution in [0.5, 0.6) is 0 Å². The Labute approximate surface area is 163 Å². The minimum Gasteiger partial charge on any atom is -0.389 e. The summed E-state index contributed by atoms with van der Waals surface area (Å²) in [5.74, 6) is -0.523. The number of hydrogen-bond acceptors (Lipinski definition) is 5. The van der Waals surface area contributed by atoms with Crippen LogP contribution in [-0.4, -0.2) is 58.6 Å². The maximum atomic E-state index is 12.9. The minimum absolute atomic E-state index is 0.0460. The third-order valence-electron chi connectivity index (χ3n) is 5.91. The Balaban J connectivity index is 1.52. The smallest absolute Gasteiger partial charge is 0.253 e. The predicted molar refractivity (Wildman–Crippen MR) is 105 cm³/mol. The summed E-state index contributed by atoms with van der Waals surface area (Å²) in [6, 6.07) is 10.4. The standard InChI is InChI=1S/C21H24N4O3/c22-19(26)17-2-1-9-24-18(17)14-3-5-15(6-4-14)20(27)25-11-8-21(28)7-10-23-12-16(21)13-25/h1-6,9,16,23,28H,7-8,10-13H2,(H2,22,26)/t16-,21-/m0/s1. The van der Waals surface area contributed by atoms with Crippen LogP contribution in [0.1, 0.15) is 33.6 Å². The molecule has 1 aromatic carbocycles. The molecule has 2 amide bonds. The van der Waals surface area contributed by atoms with Gasteiger partial charge in [-0.1, -0.05) is 12.1 Å². The lowest BCUT2D eigenvalue weighted by molar-refractivity contribution is -0.0817. The number of aromatic nitrogens is 1. The van der Waals surface area contributed by atoms with Crippen LogP contribution in [0.3, 0.4) is 0 Å². The van der Waals surface area contributed by atoms with Crippen LogP contribution >= 0.6 is 0 Å². The van der Waals surface area contributed by atoms with Crippen LogP contribution in [0.2, 0.25) is 0 Å². The Morgan fingerprint density at radius 3 is 2.75 bits per heavy atom. The first-order valence-corrected chi connectivity index (χ1v) is 9.55. The average molecular weight is 380 g/mol. The zero-order valence-electron chi connectivity index (χ0n) is 15.6. The zero-order valence-corrected chi connectivity index (χ0v) is 15.6. The quantitative estimate of drug-likeness (QED) is 0.737. The number of carbonyl (C=O) groups is 2. The lowest BCUT2D eigenvalue weighted by Gasteiger charge is -2.47. The summed E-state index contributed by atoms with van der Waals surface area (Å²) in [5.41, 5.74) is 6.93. The van der Waals surface area contributed by atoms with Crippen molar-refractivity contribution in [2.24, 2.45) is 11.7 Å². The summed E-state index contributed by atoms with van der Waals surface area (Å²) in [6.07, 6.45) is 2.95. The van der Waals surface area contributed by atoms with Gasteiger partial charge in [0, 0.05) is 42.9 Å². The van der Waals surface area contributed by atoms with E-state index in [0.717, 1.165) is 25.1 Å². The molecule has 2 aliphatic rings. The van der Waals surface area contributed by atoms with Crippen molar-refractivity contribution in [1.29, 1.82) is 0 Å². The maximum absolute atomic E-state index is 12.9. The van der Waals surface area contributed by atoms with Gasteiger partial charge in [0.1, 0.15) is 0 Å². The minimum atomic E-state index is -0.657. The predicted octanol–water partition coefficient (Wildman–Crippen LogP) is 1.03. The summed E-state index contributed by atoms with van der Waals surface area (Å²) in [5, 5.41) is 14.1. The number of rotatable bonds is 3. The van der Waals surface area contributed by atoms with E-state index in [1.165, 1.54) is 0 Å². The lowest BCUT2D eigenvalue weighted by atomic mass is 9.76. The number of nitrogens with zero attached hydrogens (tertiary/aromatic N) is 2. The van der Waals surface area contributed by atoms with E-state index in [0.29, 0.717) is 36.3 Å². The molecule has 2 fully saturated rings. The third-order valence-corrected chi connectivity index (χ3v) is 5.91. The summed E-state index contributed by atoms with van der Waals surface area (Å²) in [4.78, 5) is 30.6. The van der Waals surface area contributed by atoms with E-state index in [2.05, 4.69) is 10.3 Å². The molecule has 1 aromatic heterocycles. The molecule has 0 bridgehead atoms. The molecule has 4 N–H and O–H groups in total. The number of piperidine rings is 2. The van der Waals surface area contributed by atoms with Crippen molar-refractivity contribution in [2.75, 3.05) is 26.2 Å². The molecule has 0 aliphatic carbocycles. The molecule has 146 valence electrons. The highest BCUT2D eigenvalue weighted by molar-refractivity contribution is 5.99. The number of carbonyl (C=O) groups excluding carboxylic acids is 2. The largest absolute Gasteiger partial charge is 0.389 e. The maximum Gasteiger partial charge on any atom is 0.253 e. The van der Waals surface area contributed by atoms with Crippen molar-refractivity contribution in [3.05, 3.63) is 53.7 Å². The second-order valence-electron chi connectivity index (χ2n) is 7.60. The molecule has 7 nitrogen and oxygen atoms in total. The van der Waals surface area contributed by atoms with Crippen molar-refractivity contribution in [2.45, 2.75) is 18.4 Å². The number of nitrogens with one attached hydrogen (secondary N) is 1. The van der Waals surface area contributed by atoms with Crippen LogP contribution in [0.15, 0.2) is 42.6 Å². The van der Waals surface area contributed by atoms with E-state index in [1.807, 2.05) is 4.90 Å². The lowest BCUT2D eigenvalue weighted by Crippen LogP contribution is -2.59. The Bertz CT molecular complexity index is 899. The van der Waals surface area contributed by atoms with E-state index in [1.54, 1.807) is 42.6 Å². The van der Waals surface area contributed by atoms with Crippen LogP contribution in [0, 0.1) is 5.92 Å². The van der Waals surface area contributed by atoms with Gasteiger partial charge in [0.15, 0.2) is 0 Å². The summed E-state index contributed by atoms with van der Waals surface area (Å²) in [7, 11) is 0. The highest BCUT2D eigenvalue weighted by atomic mass is 16.3. The topological polar surface area (TPSA) is 109 Å². The number of aliphatic hydroxyl groups is 1. The van der Waals surface area contributed by atoms with Gasteiger partial charge in [-0.15, -0.1) is 0 Å². The Morgan fingerprint density at radius 2 is 2.00 bits per heavy atom. The molecule has 2 saturated heterocycles. The number of benzene rings is 1. The fourth-order valence-corrected chi connectivity index (χ4v) is 4.20. The summed E-state index contributed by atoms with van der Waals surface area (Å²) in [6.45, 7) is 2.66. The summed E-state index contributed by atoms with van der Waals surface area (Å²) >= 11 is 0. The van der Waals surface area contributed by atoms with Gasteiger partial charge < -0.3 is 21.1 Å². The van der Waals surface area contributed by atoms with Gasteiger partial charge in [-0.2, -0.15) is 0 Å². The molecule has 7 heteroatoms. The monoisotopic (exact) mass is 380 g/mol. The van der Waals surface area contributed by atoms with E-state index >= 15 is 0 Å². The van der Waals surface area contributed by atoms with Gasteiger partial charge in [0.25, 0.3) is 11.8 Å². The zero-order chi connectivity index (χ0) is 19.7. The van der Waals surface area contributed by atoms with E-state index in [4.69, 9.17) is 5.73 Å². The number of nitrogens with two attached hydrogens (primary N) is 1. The number of amides is 2. The number of hydrogen-bond donors (Lipinski definition) is 3. The van der Waals surface area contributed by atoms with Gasteiger partial charge in [-0.25, -0.2) is 0 Å². The average Bonchev–Trinajstić information content (AvgIpc) is 2.72. The van der Waals surface area contributed by atoms with Crippen molar-refractivity contribution in [3.63, 3.8) is 0 Å². The van der Waals surface area contributed by atoms with Crippen LogP contribution in [0.25, 0.3) is 11.3 Å². The summed E-state index contributed by atoms with van der Waals surface area (Å²) < 4.78 is 0. The molecule has 0 unspecified atom stereocenters. The molecule has 0 spiro atoms. The molecule has 2 aliphatic heterocycles. The highest BCUT2D eigenvalue weighted by Gasteiger charge is 2.43. The van der Waals surface area contributed by atoms with Gasteiger partial charge in [0.05, 0.1) is 16.9 Å². The molecule has 2 atom stereocenters. The third kappa shape index (κ3) is 3.39. The first-order chi connectivity index (χ1) is 13.5. The molecular weight excluding hydrogens is 356 g/mol. The van der Waals surface area contributed by atoms with Crippen molar-refractivity contribution in [3.8, 4) is 11.3 Å². The van der Waals surface area contributed by atoms with Crippen LogP contribution < -0.4 is 11.1 Å². The van der Waals surface area contributed by atoms with Crippen molar-refractivity contribution >= 4 is 11.8 Å². The van der Waals surface area contributed by atoms with Gasteiger partial charge in [-0.05, 0) is 43.7 Å². The van der Waals surface area contributed by atoms with Crippen LogP contribution in [-0.2, 0) is 0 Å². The Hall–Kier alpha value is -2.77. The normalized spacial score (nSPS) is 24.5. The Morgan fingerprint density at radius 1 is 1.21 bits per heavy atom. The number of primary amides is 1. The van der Waals surface area contributed by atoms with Gasteiger partial charge in [-0.3, -0.25) is 14.6 Å². The fourth-order valence-electron chi connectivity index (χ4n) is 4.20. The number of pyridine rings is 1. The van der Waals surface area contributed by atoms with Gasteiger partial charge >= 0.3 is 0 Å². The van der Waals surface area contributed by atoms with Crippen LogP contribution in [0.4, 0.5) is 0 Å².